The van der Waals surface area contributed by atoms with Crippen LogP contribution in [0.3, 0.4) is 0 Å². The highest BCUT2D eigenvalue weighted by molar-refractivity contribution is 5.88. The second-order valence-electron chi connectivity index (χ2n) is 5.04. The first-order valence-corrected chi connectivity index (χ1v) is 6.37. The monoisotopic (exact) mass is 264 g/mol. The molecule has 0 radical (unpaired) electrons. The molecule has 19 heavy (non-hydrogen) atoms. The van der Waals surface area contributed by atoms with Gasteiger partial charge in [-0.15, -0.1) is 0 Å². The van der Waals surface area contributed by atoms with Crippen molar-refractivity contribution >= 4 is 5.97 Å². The standard InChI is InChI=1S/C14H16O5/c1-17-10-3-2-9(14(15)16)6-13(10)19-12-5-8-4-11(12)18-7-8/h2-3,6,8,11-12H,4-5,7H2,1H3,(H,15,16). The molecule has 1 N–H and O–H groups in total. The zero-order valence-electron chi connectivity index (χ0n) is 10.7. The summed E-state index contributed by atoms with van der Waals surface area (Å²) in [6, 6.07) is 4.63. The Kier molecular flexibility index (Phi) is 3.06. The van der Waals surface area contributed by atoms with E-state index in [1.807, 2.05) is 0 Å². The molecule has 1 heterocycles. The van der Waals surface area contributed by atoms with Crippen LogP contribution in [-0.2, 0) is 4.74 Å². The fourth-order valence-electron chi connectivity index (χ4n) is 2.82. The summed E-state index contributed by atoms with van der Waals surface area (Å²) in [6.45, 7) is 0.816. The molecule has 3 rings (SSSR count). The molecule has 0 spiro atoms. The fourth-order valence-corrected chi connectivity index (χ4v) is 2.82. The van der Waals surface area contributed by atoms with Crippen LogP contribution in [0.15, 0.2) is 18.2 Å². The molecular weight excluding hydrogens is 248 g/mol. The minimum atomic E-state index is -0.975. The van der Waals surface area contributed by atoms with E-state index in [-0.39, 0.29) is 17.8 Å². The van der Waals surface area contributed by atoms with Gasteiger partial charge in [-0.3, -0.25) is 0 Å². The Morgan fingerprint density at radius 1 is 1.37 bits per heavy atom. The van der Waals surface area contributed by atoms with E-state index in [0.717, 1.165) is 19.4 Å². The number of rotatable bonds is 4. The van der Waals surface area contributed by atoms with Crippen molar-refractivity contribution in [1.29, 1.82) is 0 Å². The van der Waals surface area contributed by atoms with Gasteiger partial charge in [0.15, 0.2) is 11.5 Å². The Morgan fingerprint density at radius 2 is 2.21 bits per heavy atom. The number of fused-ring (bicyclic) bond motifs is 2. The number of carbonyl (C=O) groups is 1. The number of methoxy groups -OCH3 is 1. The van der Waals surface area contributed by atoms with Crippen molar-refractivity contribution in [3.63, 3.8) is 0 Å². The fraction of sp³-hybridized carbons (Fsp3) is 0.500. The van der Waals surface area contributed by atoms with Gasteiger partial charge in [0.25, 0.3) is 0 Å². The number of benzene rings is 1. The summed E-state index contributed by atoms with van der Waals surface area (Å²) in [7, 11) is 1.54. The van der Waals surface area contributed by atoms with E-state index in [1.54, 1.807) is 13.2 Å². The van der Waals surface area contributed by atoms with E-state index < -0.39 is 5.97 Å². The second kappa shape index (κ2) is 4.74. The lowest BCUT2D eigenvalue weighted by molar-refractivity contribution is -0.0117. The number of hydrogen-bond donors (Lipinski definition) is 1. The predicted molar refractivity (Wildman–Crippen MR) is 66.8 cm³/mol. The molecule has 2 aliphatic rings. The number of hydrogen-bond acceptors (Lipinski definition) is 4. The zero-order chi connectivity index (χ0) is 13.4. The van der Waals surface area contributed by atoms with Crippen LogP contribution in [0.2, 0.25) is 0 Å². The first-order chi connectivity index (χ1) is 9.17. The Bertz CT molecular complexity index is 499. The Hall–Kier alpha value is -1.75. The summed E-state index contributed by atoms with van der Waals surface area (Å²) in [5.74, 6) is 0.622. The summed E-state index contributed by atoms with van der Waals surface area (Å²) in [5.41, 5.74) is 0.194. The molecule has 102 valence electrons. The van der Waals surface area contributed by atoms with Crippen LogP contribution in [0, 0.1) is 5.92 Å². The largest absolute Gasteiger partial charge is 0.493 e. The van der Waals surface area contributed by atoms with E-state index in [0.29, 0.717) is 17.4 Å². The van der Waals surface area contributed by atoms with E-state index >= 15 is 0 Å². The van der Waals surface area contributed by atoms with Crippen LogP contribution in [0.4, 0.5) is 0 Å². The van der Waals surface area contributed by atoms with Crippen molar-refractivity contribution in [2.24, 2.45) is 5.92 Å². The van der Waals surface area contributed by atoms with Gasteiger partial charge in [-0.05, 0) is 37.0 Å². The number of ether oxygens (including phenoxy) is 3. The molecule has 1 aromatic carbocycles. The van der Waals surface area contributed by atoms with Crippen LogP contribution in [0.5, 0.6) is 11.5 Å². The molecule has 1 aliphatic carbocycles. The van der Waals surface area contributed by atoms with E-state index in [2.05, 4.69) is 0 Å². The lowest BCUT2D eigenvalue weighted by Crippen LogP contribution is -2.30. The Labute approximate surface area is 111 Å². The van der Waals surface area contributed by atoms with Gasteiger partial charge >= 0.3 is 5.97 Å². The molecule has 1 saturated heterocycles. The normalized spacial score (nSPS) is 28.4. The lowest BCUT2D eigenvalue weighted by atomic mass is 10.1. The number of aromatic carboxylic acids is 1. The minimum absolute atomic E-state index is 0.00306. The Balaban J connectivity index is 1.82. The van der Waals surface area contributed by atoms with Gasteiger partial charge < -0.3 is 19.3 Å². The molecule has 0 amide bonds. The first kappa shape index (κ1) is 12.3. The summed E-state index contributed by atoms with van der Waals surface area (Å²) in [6.07, 6.45) is 2.12. The summed E-state index contributed by atoms with van der Waals surface area (Å²) >= 11 is 0. The maximum Gasteiger partial charge on any atom is 0.335 e. The molecule has 2 fully saturated rings. The van der Waals surface area contributed by atoms with Gasteiger partial charge in [0.1, 0.15) is 6.10 Å². The van der Waals surface area contributed by atoms with E-state index in [1.165, 1.54) is 12.1 Å². The van der Waals surface area contributed by atoms with Crippen molar-refractivity contribution in [3.05, 3.63) is 23.8 Å². The molecule has 1 aromatic rings. The van der Waals surface area contributed by atoms with Crippen LogP contribution < -0.4 is 9.47 Å². The van der Waals surface area contributed by atoms with Gasteiger partial charge in [0, 0.05) is 0 Å². The Morgan fingerprint density at radius 3 is 2.79 bits per heavy atom. The van der Waals surface area contributed by atoms with Gasteiger partial charge in [0.2, 0.25) is 0 Å². The van der Waals surface area contributed by atoms with Gasteiger partial charge in [0.05, 0.1) is 25.4 Å². The topological polar surface area (TPSA) is 65.0 Å². The highest BCUT2D eigenvalue weighted by Crippen LogP contribution is 2.39. The second-order valence-corrected chi connectivity index (χ2v) is 5.04. The lowest BCUT2D eigenvalue weighted by Gasteiger charge is -2.24. The summed E-state index contributed by atoms with van der Waals surface area (Å²) in [5, 5.41) is 9.02. The third-order valence-electron chi connectivity index (χ3n) is 3.78. The molecule has 5 heteroatoms. The predicted octanol–water partition coefficient (Wildman–Crippen LogP) is 1.95. The average Bonchev–Trinajstić information content (AvgIpc) is 3.01. The SMILES string of the molecule is COc1ccc(C(=O)O)cc1OC1CC2COC1C2. The van der Waals surface area contributed by atoms with E-state index in [9.17, 15) is 4.79 Å². The smallest absolute Gasteiger partial charge is 0.335 e. The maximum atomic E-state index is 11.0. The summed E-state index contributed by atoms with van der Waals surface area (Å²) < 4.78 is 16.7. The van der Waals surface area contributed by atoms with E-state index in [4.69, 9.17) is 19.3 Å². The highest BCUT2D eigenvalue weighted by Gasteiger charge is 2.42. The highest BCUT2D eigenvalue weighted by atomic mass is 16.6. The third-order valence-corrected chi connectivity index (χ3v) is 3.78. The number of carboxylic acid groups (broad SMARTS) is 1. The van der Waals surface area contributed by atoms with Crippen LogP contribution in [0.25, 0.3) is 0 Å². The zero-order valence-corrected chi connectivity index (χ0v) is 10.7. The van der Waals surface area contributed by atoms with Crippen LogP contribution >= 0.6 is 0 Å². The molecule has 3 atom stereocenters. The molecule has 5 nitrogen and oxygen atoms in total. The maximum absolute atomic E-state index is 11.0. The quantitative estimate of drug-likeness (QED) is 0.900. The van der Waals surface area contributed by atoms with Gasteiger partial charge in [-0.1, -0.05) is 0 Å². The van der Waals surface area contributed by atoms with Gasteiger partial charge in [-0.25, -0.2) is 4.79 Å². The molecule has 2 bridgehead atoms. The van der Waals surface area contributed by atoms with Crippen molar-refractivity contribution < 1.29 is 24.1 Å². The third kappa shape index (κ3) is 2.26. The molecule has 3 unspecified atom stereocenters. The van der Waals surface area contributed by atoms with Crippen LogP contribution in [-0.4, -0.2) is 37.0 Å². The number of carboxylic acids is 1. The van der Waals surface area contributed by atoms with Crippen LogP contribution in [0.1, 0.15) is 23.2 Å². The molecule has 1 saturated carbocycles. The van der Waals surface area contributed by atoms with Crippen molar-refractivity contribution in [1.82, 2.24) is 0 Å². The molecule has 1 aliphatic heterocycles. The van der Waals surface area contributed by atoms with Crippen molar-refractivity contribution in [2.75, 3.05) is 13.7 Å². The van der Waals surface area contributed by atoms with Crippen molar-refractivity contribution in [2.45, 2.75) is 25.0 Å². The molecular formula is C14H16O5. The average molecular weight is 264 g/mol. The van der Waals surface area contributed by atoms with Gasteiger partial charge in [-0.2, -0.15) is 0 Å². The summed E-state index contributed by atoms with van der Waals surface area (Å²) in [4.78, 5) is 11.0. The minimum Gasteiger partial charge on any atom is -0.493 e. The molecule has 0 aromatic heterocycles. The first-order valence-electron chi connectivity index (χ1n) is 6.37. The van der Waals surface area contributed by atoms with Crippen molar-refractivity contribution in [3.8, 4) is 11.5 Å².